The Morgan fingerprint density at radius 3 is 3.09 bits per heavy atom. The summed E-state index contributed by atoms with van der Waals surface area (Å²) in [7, 11) is 1.67. The topological polar surface area (TPSA) is 66.0 Å². The Morgan fingerprint density at radius 1 is 1.32 bits per heavy atom. The molecule has 3 aromatic rings. The third-order valence-electron chi connectivity index (χ3n) is 4.29. The van der Waals surface area contributed by atoms with E-state index in [0.717, 1.165) is 47.3 Å². The maximum absolute atomic E-state index is 6.05. The number of aryl methyl sites for hydroxylation is 1. The van der Waals surface area contributed by atoms with Crippen molar-refractivity contribution in [2.45, 2.75) is 25.3 Å². The maximum atomic E-state index is 6.05. The molecule has 0 spiro atoms. The Balaban J connectivity index is 1.87. The number of ether oxygens (including phenoxy) is 1. The van der Waals surface area contributed by atoms with Crippen LogP contribution in [0.25, 0.3) is 16.6 Å². The van der Waals surface area contributed by atoms with Crippen LogP contribution in [0, 0.1) is 0 Å². The molecule has 1 aromatic carbocycles. The van der Waals surface area contributed by atoms with Crippen molar-refractivity contribution in [1.82, 2.24) is 14.8 Å². The number of pyridine rings is 1. The molecule has 0 saturated heterocycles. The third kappa shape index (κ3) is 2.14. The van der Waals surface area contributed by atoms with Crippen LogP contribution in [0.4, 0.5) is 0 Å². The minimum atomic E-state index is 0.227. The van der Waals surface area contributed by atoms with E-state index in [1.54, 1.807) is 7.11 Å². The summed E-state index contributed by atoms with van der Waals surface area (Å²) in [4.78, 5) is 4.42. The number of nitrogens with zero attached hydrogens (tertiary/aromatic N) is 3. The molecule has 2 N–H and O–H groups in total. The molecule has 1 aliphatic rings. The van der Waals surface area contributed by atoms with E-state index in [1.807, 2.05) is 35.1 Å². The lowest BCUT2D eigenvalue weighted by molar-refractivity contribution is 0.415. The van der Waals surface area contributed by atoms with Crippen molar-refractivity contribution in [3.63, 3.8) is 0 Å². The Morgan fingerprint density at radius 2 is 2.23 bits per heavy atom. The summed E-state index contributed by atoms with van der Waals surface area (Å²) in [6, 6.07) is 8.11. The van der Waals surface area contributed by atoms with Gasteiger partial charge < -0.3 is 10.5 Å². The van der Waals surface area contributed by atoms with Gasteiger partial charge in [-0.25, -0.2) is 4.68 Å². The molecule has 0 amide bonds. The molecule has 0 radical (unpaired) electrons. The quantitative estimate of drug-likeness (QED) is 0.787. The summed E-state index contributed by atoms with van der Waals surface area (Å²) in [6.45, 7) is 0. The summed E-state index contributed by atoms with van der Waals surface area (Å²) in [6.07, 6.45) is 6.83. The molecular weight excluding hydrogens is 276 g/mol. The van der Waals surface area contributed by atoms with Gasteiger partial charge in [0.2, 0.25) is 0 Å². The highest BCUT2D eigenvalue weighted by molar-refractivity contribution is 5.88. The first-order chi connectivity index (χ1) is 10.7. The Bertz CT molecular complexity index is 840. The normalized spacial score (nSPS) is 17.5. The highest BCUT2D eigenvalue weighted by Crippen LogP contribution is 2.27. The Hall–Kier alpha value is -2.40. The molecule has 5 nitrogen and oxygen atoms in total. The van der Waals surface area contributed by atoms with Crippen LogP contribution in [0.1, 0.15) is 17.7 Å². The van der Waals surface area contributed by atoms with Crippen LogP contribution >= 0.6 is 0 Å². The lowest BCUT2D eigenvalue weighted by Gasteiger charge is -2.15. The van der Waals surface area contributed by atoms with Gasteiger partial charge in [0.1, 0.15) is 5.75 Å². The number of hydrogen-bond donors (Lipinski definition) is 1. The van der Waals surface area contributed by atoms with Crippen LogP contribution in [0.2, 0.25) is 0 Å². The van der Waals surface area contributed by atoms with E-state index >= 15 is 0 Å². The largest absolute Gasteiger partial charge is 0.497 e. The third-order valence-corrected chi connectivity index (χ3v) is 4.29. The molecule has 1 atom stereocenters. The molecule has 0 fully saturated rings. The zero-order valence-electron chi connectivity index (χ0n) is 12.5. The van der Waals surface area contributed by atoms with E-state index < -0.39 is 0 Å². The van der Waals surface area contributed by atoms with E-state index in [1.165, 1.54) is 5.56 Å². The number of fused-ring (bicyclic) bond motifs is 2. The van der Waals surface area contributed by atoms with Crippen molar-refractivity contribution in [2.75, 3.05) is 7.11 Å². The van der Waals surface area contributed by atoms with Crippen LogP contribution in [0.15, 0.2) is 36.7 Å². The zero-order valence-corrected chi connectivity index (χ0v) is 12.5. The molecule has 22 heavy (non-hydrogen) atoms. The second kappa shape index (κ2) is 5.10. The van der Waals surface area contributed by atoms with Gasteiger partial charge in [0.25, 0.3) is 0 Å². The van der Waals surface area contributed by atoms with Crippen molar-refractivity contribution in [3.05, 3.63) is 47.9 Å². The number of benzene rings is 1. The van der Waals surface area contributed by atoms with E-state index in [9.17, 15) is 0 Å². The minimum Gasteiger partial charge on any atom is -0.497 e. The predicted molar refractivity (Wildman–Crippen MR) is 85.4 cm³/mol. The lowest BCUT2D eigenvalue weighted by atomic mass is 9.95. The first-order valence-electron chi connectivity index (χ1n) is 7.51. The molecule has 0 saturated carbocycles. The van der Waals surface area contributed by atoms with Gasteiger partial charge in [0.05, 0.1) is 24.0 Å². The summed E-state index contributed by atoms with van der Waals surface area (Å²) >= 11 is 0. The molecule has 4 rings (SSSR count). The number of rotatable bonds is 2. The monoisotopic (exact) mass is 294 g/mol. The van der Waals surface area contributed by atoms with E-state index in [0.29, 0.717) is 0 Å². The Labute approximate surface area is 128 Å². The molecule has 1 unspecified atom stereocenters. The van der Waals surface area contributed by atoms with Gasteiger partial charge in [-0.15, -0.1) is 0 Å². The van der Waals surface area contributed by atoms with E-state index in [-0.39, 0.29) is 6.04 Å². The number of aromatic nitrogens is 3. The van der Waals surface area contributed by atoms with Gasteiger partial charge >= 0.3 is 0 Å². The molecule has 5 heteroatoms. The van der Waals surface area contributed by atoms with Crippen LogP contribution in [0.3, 0.4) is 0 Å². The van der Waals surface area contributed by atoms with Crippen LogP contribution in [-0.2, 0) is 12.8 Å². The van der Waals surface area contributed by atoms with Crippen molar-refractivity contribution in [2.24, 2.45) is 5.73 Å². The molecule has 0 bridgehead atoms. The van der Waals surface area contributed by atoms with Crippen LogP contribution in [0.5, 0.6) is 5.75 Å². The fourth-order valence-electron chi connectivity index (χ4n) is 3.08. The van der Waals surface area contributed by atoms with Crippen molar-refractivity contribution < 1.29 is 4.74 Å². The summed E-state index contributed by atoms with van der Waals surface area (Å²) < 4.78 is 7.29. The second-order valence-corrected chi connectivity index (χ2v) is 5.76. The fraction of sp³-hybridized carbons (Fsp3) is 0.294. The highest BCUT2D eigenvalue weighted by atomic mass is 16.5. The molecule has 112 valence electrons. The van der Waals surface area contributed by atoms with Gasteiger partial charge in [-0.3, -0.25) is 4.98 Å². The van der Waals surface area contributed by atoms with Crippen molar-refractivity contribution in [3.8, 4) is 11.4 Å². The van der Waals surface area contributed by atoms with Gasteiger partial charge in [0.15, 0.2) is 0 Å². The van der Waals surface area contributed by atoms with Crippen LogP contribution < -0.4 is 10.5 Å². The molecule has 2 aromatic heterocycles. The number of methoxy groups -OCH3 is 1. The van der Waals surface area contributed by atoms with E-state index in [2.05, 4.69) is 11.2 Å². The lowest BCUT2D eigenvalue weighted by Crippen LogP contribution is -2.27. The number of hydrogen-bond acceptors (Lipinski definition) is 4. The summed E-state index contributed by atoms with van der Waals surface area (Å²) in [5, 5.41) is 5.78. The molecule has 2 heterocycles. The number of nitrogens with two attached hydrogens (primary N) is 1. The molecular formula is C17H18N4O. The highest BCUT2D eigenvalue weighted by Gasteiger charge is 2.19. The SMILES string of the molecule is COc1ccc2nccc(-n3cc4c(n3)CC(N)CC4)c2c1. The summed E-state index contributed by atoms with van der Waals surface area (Å²) in [5.74, 6) is 0.820. The van der Waals surface area contributed by atoms with Crippen molar-refractivity contribution >= 4 is 10.9 Å². The zero-order chi connectivity index (χ0) is 15.1. The molecule has 0 aliphatic heterocycles. The smallest absolute Gasteiger partial charge is 0.119 e. The van der Waals surface area contributed by atoms with Gasteiger partial charge in [-0.2, -0.15) is 5.10 Å². The maximum Gasteiger partial charge on any atom is 0.119 e. The van der Waals surface area contributed by atoms with Crippen LogP contribution in [-0.4, -0.2) is 27.9 Å². The standard InChI is InChI=1S/C17H18N4O/c1-22-13-4-5-15-14(9-13)17(6-7-19-15)21-10-11-2-3-12(18)8-16(11)20-21/h4-7,9-10,12H,2-3,8,18H2,1H3. The van der Waals surface area contributed by atoms with Gasteiger partial charge in [-0.05, 0) is 42.7 Å². The fourth-order valence-corrected chi connectivity index (χ4v) is 3.08. The minimum absolute atomic E-state index is 0.227. The average molecular weight is 294 g/mol. The average Bonchev–Trinajstić information content (AvgIpc) is 2.96. The predicted octanol–water partition coefficient (Wildman–Crippen LogP) is 2.25. The Kier molecular flexibility index (Phi) is 3.08. The summed E-state index contributed by atoms with van der Waals surface area (Å²) in [5.41, 5.74) is 10.4. The van der Waals surface area contributed by atoms with Gasteiger partial charge in [0, 0.05) is 30.2 Å². The first kappa shape index (κ1) is 13.3. The van der Waals surface area contributed by atoms with Crippen molar-refractivity contribution in [1.29, 1.82) is 0 Å². The van der Waals surface area contributed by atoms with E-state index in [4.69, 9.17) is 15.6 Å². The van der Waals surface area contributed by atoms with Gasteiger partial charge in [-0.1, -0.05) is 0 Å². The molecule has 1 aliphatic carbocycles. The first-order valence-corrected chi connectivity index (χ1v) is 7.51. The second-order valence-electron chi connectivity index (χ2n) is 5.76.